The van der Waals surface area contributed by atoms with Crippen LogP contribution in [0.25, 0.3) is 0 Å². The van der Waals surface area contributed by atoms with E-state index in [4.69, 9.17) is 10.5 Å². The molecular weight excluding hydrogens is 247 g/mol. The van der Waals surface area contributed by atoms with Crippen LogP contribution < -0.4 is 5.73 Å². The maximum Gasteiger partial charge on any atom is 0.229 e. The van der Waals surface area contributed by atoms with Crippen molar-refractivity contribution in [1.82, 2.24) is 4.90 Å². The van der Waals surface area contributed by atoms with E-state index in [2.05, 4.69) is 0 Å². The zero-order chi connectivity index (χ0) is 13.8. The Morgan fingerprint density at radius 2 is 2.32 bits per heavy atom. The fraction of sp³-hybridized carbons (Fsp3) is 0.500. The molecule has 1 aliphatic heterocycles. The first-order valence-corrected chi connectivity index (χ1v) is 6.48. The molecule has 0 bridgehead atoms. The molecule has 0 saturated carbocycles. The van der Waals surface area contributed by atoms with Gasteiger partial charge in [-0.15, -0.1) is 0 Å². The van der Waals surface area contributed by atoms with Crippen LogP contribution in [0.5, 0.6) is 0 Å². The number of ether oxygens (including phenoxy) is 1. The molecule has 1 aliphatic rings. The molecule has 1 saturated heterocycles. The van der Waals surface area contributed by atoms with E-state index < -0.39 is 0 Å². The maximum absolute atomic E-state index is 13.1. The number of carbonyl (C=O) groups excluding carboxylic acids is 1. The molecule has 1 heterocycles. The lowest BCUT2D eigenvalue weighted by molar-refractivity contribution is -0.136. The zero-order valence-corrected chi connectivity index (χ0v) is 11.0. The van der Waals surface area contributed by atoms with E-state index in [1.54, 1.807) is 11.0 Å². The maximum atomic E-state index is 13.1. The second kappa shape index (κ2) is 6.12. The van der Waals surface area contributed by atoms with Crippen LogP contribution in [0.3, 0.4) is 0 Å². The van der Waals surface area contributed by atoms with E-state index in [1.807, 2.05) is 13.0 Å². The van der Waals surface area contributed by atoms with Gasteiger partial charge < -0.3 is 15.4 Å². The summed E-state index contributed by atoms with van der Waals surface area (Å²) < 4.78 is 18.4. The number of hydrogen-bond donors (Lipinski definition) is 1. The summed E-state index contributed by atoms with van der Waals surface area (Å²) in [5, 5.41) is 0. The molecule has 2 N–H and O–H groups in total. The highest BCUT2D eigenvalue weighted by Crippen LogP contribution is 2.17. The number of amides is 1. The highest BCUT2D eigenvalue weighted by Gasteiger charge is 2.33. The van der Waals surface area contributed by atoms with Crippen LogP contribution in [0.15, 0.2) is 24.3 Å². The number of rotatable bonds is 4. The third-order valence-electron chi connectivity index (χ3n) is 3.40. The molecule has 0 radical (unpaired) electrons. The molecule has 5 heteroatoms. The first-order chi connectivity index (χ1) is 9.11. The van der Waals surface area contributed by atoms with Crippen molar-refractivity contribution in [1.29, 1.82) is 0 Å². The van der Waals surface area contributed by atoms with Gasteiger partial charge >= 0.3 is 0 Å². The Morgan fingerprint density at radius 3 is 2.89 bits per heavy atom. The Bertz CT molecular complexity index is 453. The third kappa shape index (κ3) is 3.30. The summed E-state index contributed by atoms with van der Waals surface area (Å²) in [6.07, 6.45) is 0. The summed E-state index contributed by atoms with van der Waals surface area (Å²) in [5.74, 6) is -0.591. The molecule has 19 heavy (non-hydrogen) atoms. The van der Waals surface area contributed by atoms with E-state index >= 15 is 0 Å². The molecule has 4 nitrogen and oxygen atoms in total. The van der Waals surface area contributed by atoms with Gasteiger partial charge in [0.15, 0.2) is 0 Å². The van der Waals surface area contributed by atoms with Gasteiger partial charge in [-0.1, -0.05) is 12.1 Å². The number of nitrogens with zero attached hydrogens (tertiary/aromatic N) is 1. The Morgan fingerprint density at radius 1 is 1.53 bits per heavy atom. The van der Waals surface area contributed by atoms with Crippen molar-refractivity contribution in [3.8, 4) is 0 Å². The first kappa shape index (κ1) is 14.0. The van der Waals surface area contributed by atoms with Crippen LogP contribution in [-0.2, 0) is 16.1 Å². The molecular formula is C14H19FN2O2. The Balaban J connectivity index is 2.05. The third-order valence-corrected chi connectivity index (χ3v) is 3.40. The van der Waals surface area contributed by atoms with Crippen molar-refractivity contribution < 1.29 is 13.9 Å². The van der Waals surface area contributed by atoms with E-state index in [1.165, 1.54) is 12.1 Å². The Kier molecular flexibility index (Phi) is 4.50. The van der Waals surface area contributed by atoms with Crippen LogP contribution in [0, 0.1) is 11.7 Å². The van der Waals surface area contributed by atoms with Gasteiger partial charge in [-0.3, -0.25) is 4.79 Å². The number of halogens is 1. The molecule has 104 valence electrons. The standard InChI is InChI=1S/C14H19FN2O2/c1-2-17(7-10-4-3-5-11(15)6-10)14(18)12-8-19-9-13(12)16/h3-6,12-13H,2,7-9,16H2,1H3. The average molecular weight is 266 g/mol. The largest absolute Gasteiger partial charge is 0.379 e. The van der Waals surface area contributed by atoms with Crippen LogP contribution in [0.2, 0.25) is 0 Å². The normalized spacial score (nSPS) is 22.5. The minimum absolute atomic E-state index is 0.0169. The van der Waals surface area contributed by atoms with Gasteiger partial charge in [-0.2, -0.15) is 0 Å². The van der Waals surface area contributed by atoms with Crippen molar-refractivity contribution in [3.63, 3.8) is 0 Å². The van der Waals surface area contributed by atoms with Gasteiger partial charge in [0, 0.05) is 19.1 Å². The summed E-state index contributed by atoms with van der Waals surface area (Å²) >= 11 is 0. The van der Waals surface area contributed by atoms with E-state index in [9.17, 15) is 9.18 Å². The lowest BCUT2D eigenvalue weighted by atomic mass is 10.0. The SMILES string of the molecule is CCN(Cc1cccc(F)c1)C(=O)C1COCC1N. The monoisotopic (exact) mass is 266 g/mol. The van der Waals surface area contributed by atoms with Gasteiger partial charge in [-0.25, -0.2) is 4.39 Å². The number of carbonyl (C=O) groups is 1. The zero-order valence-electron chi connectivity index (χ0n) is 11.0. The second-order valence-corrected chi connectivity index (χ2v) is 4.79. The molecule has 1 aromatic carbocycles. The molecule has 1 aromatic rings. The molecule has 2 atom stereocenters. The van der Waals surface area contributed by atoms with Gasteiger partial charge in [-0.05, 0) is 24.6 Å². The van der Waals surface area contributed by atoms with Gasteiger partial charge in [0.25, 0.3) is 0 Å². The predicted molar refractivity (Wildman–Crippen MR) is 69.8 cm³/mol. The van der Waals surface area contributed by atoms with Gasteiger partial charge in [0.2, 0.25) is 5.91 Å². The molecule has 2 rings (SSSR count). The van der Waals surface area contributed by atoms with Crippen molar-refractivity contribution >= 4 is 5.91 Å². The highest BCUT2D eigenvalue weighted by atomic mass is 19.1. The summed E-state index contributed by atoms with van der Waals surface area (Å²) in [6.45, 7) is 3.67. The van der Waals surface area contributed by atoms with Crippen LogP contribution in [0.4, 0.5) is 4.39 Å². The molecule has 2 unspecified atom stereocenters. The molecule has 0 spiro atoms. The van der Waals surface area contributed by atoms with Crippen molar-refractivity contribution in [2.45, 2.75) is 19.5 Å². The Hall–Kier alpha value is -1.46. The summed E-state index contributed by atoms with van der Waals surface area (Å²) in [6, 6.07) is 6.05. The fourth-order valence-electron chi connectivity index (χ4n) is 2.26. The highest BCUT2D eigenvalue weighted by molar-refractivity contribution is 5.80. The van der Waals surface area contributed by atoms with Crippen molar-refractivity contribution in [2.75, 3.05) is 19.8 Å². The van der Waals surface area contributed by atoms with E-state index in [0.29, 0.717) is 26.3 Å². The number of hydrogen-bond acceptors (Lipinski definition) is 3. The van der Waals surface area contributed by atoms with Crippen LogP contribution in [0.1, 0.15) is 12.5 Å². The smallest absolute Gasteiger partial charge is 0.229 e. The second-order valence-electron chi connectivity index (χ2n) is 4.79. The number of benzene rings is 1. The lowest BCUT2D eigenvalue weighted by Gasteiger charge is -2.25. The van der Waals surface area contributed by atoms with Crippen molar-refractivity contribution in [3.05, 3.63) is 35.6 Å². The predicted octanol–water partition coefficient (Wildman–Crippen LogP) is 1.15. The average Bonchev–Trinajstić information content (AvgIpc) is 2.81. The topological polar surface area (TPSA) is 55.6 Å². The van der Waals surface area contributed by atoms with Crippen LogP contribution >= 0.6 is 0 Å². The number of nitrogens with two attached hydrogens (primary N) is 1. The Labute approximate surface area is 112 Å². The van der Waals surface area contributed by atoms with Gasteiger partial charge in [0.05, 0.1) is 19.1 Å². The quantitative estimate of drug-likeness (QED) is 0.889. The minimum atomic E-state index is -0.290. The summed E-state index contributed by atoms with van der Waals surface area (Å²) in [7, 11) is 0. The first-order valence-electron chi connectivity index (χ1n) is 6.48. The molecule has 0 aromatic heterocycles. The van der Waals surface area contributed by atoms with Crippen molar-refractivity contribution in [2.24, 2.45) is 11.7 Å². The summed E-state index contributed by atoms with van der Waals surface area (Å²) in [5.41, 5.74) is 6.64. The summed E-state index contributed by atoms with van der Waals surface area (Å²) in [4.78, 5) is 14.0. The van der Waals surface area contributed by atoms with E-state index in [-0.39, 0.29) is 23.7 Å². The van der Waals surface area contributed by atoms with Gasteiger partial charge in [0.1, 0.15) is 5.82 Å². The fourth-order valence-corrected chi connectivity index (χ4v) is 2.26. The lowest BCUT2D eigenvalue weighted by Crippen LogP contribution is -2.43. The van der Waals surface area contributed by atoms with Crippen LogP contribution in [-0.4, -0.2) is 36.6 Å². The van der Waals surface area contributed by atoms with E-state index in [0.717, 1.165) is 5.56 Å². The molecule has 0 aliphatic carbocycles. The minimum Gasteiger partial charge on any atom is -0.379 e. The molecule has 1 amide bonds. The molecule has 1 fully saturated rings.